The van der Waals surface area contributed by atoms with Gasteiger partial charge in [-0.2, -0.15) is 0 Å². The highest BCUT2D eigenvalue weighted by Crippen LogP contribution is 2.49. The fourth-order valence-corrected chi connectivity index (χ4v) is 16.6. The SMILES string of the molecule is CCCCCC/C=C\CCCCCCCCCC(=O)OC1C(O)C(O)C(OC2OC(CO)C(O)C(O)C2O)C(OP(=O)(O)OCC(COC(=O)CCCCCCCCCCCCCCC)OC(=O)CCCCCCCCC(C)CCCCCCCC)C1OC1OC(COC(=O)CCCCCCCCCCCCCCC)C(O)C(O)C1O. The number of phosphoric acid groups is 1. The van der Waals surface area contributed by atoms with Crippen molar-refractivity contribution < 1.29 is 122 Å². The summed E-state index contributed by atoms with van der Waals surface area (Å²) in [6.07, 6.45) is 25.0. The molecule has 2 heterocycles. The minimum atomic E-state index is -5.81. The molecule has 25 nitrogen and oxygen atoms in total. The van der Waals surface area contributed by atoms with Crippen LogP contribution in [0.1, 0.15) is 401 Å². The number of hydrogen-bond donors (Lipinski definition) is 10. The van der Waals surface area contributed by atoms with Crippen LogP contribution in [0.5, 0.6) is 0 Å². The van der Waals surface area contributed by atoms with Crippen LogP contribution in [0.3, 0.4) is 0 Å². The van der Waals surface area contributed by atoms with E-state index < -0.39 is 162 Å². The third-order valence-corrected chi connectivity index (χ3v) is 24.2. The predicted octanol–water partition coefficient (Wildman–Crippen LogP) is 17.0. The van der Waals surface area contributed by atoms with E-state index in [9.17, 15) is 74.6 Å². The predicted molar refractivity (Wildman–Crippen MR) is 449 cm³/mol. The highest BCUT2D eigenvalue weighted by Gasteiger charge is 2.60. The van der Waals surface area contributed by atoms with Gasteiger partial charge in [-0.05, 0) is 57.3 Å². The lowest BCUT2D eigenvalue weighted by Gasteiger charge is -2.50. The molecule has 26 heteroatoms. The van der Waals surface area contributed by atoms with Crippen LogP contribution >= 0.6 is 7.82 Å². The summed E-state index contributed by atoms with van der Waals surface area (Å²) in [5.74, 6) is -2.29. The van der Waals surface area contributed by atoms with E-state index in [1.165, 1.54) is 167 Å². The van der Waals surface area contributed by atoms with Crippen LogP contribution in [0.4, 0.5) is 0 Å². The number of allylic oxidation sites excluding steroid dienone is 2. The van der Waals surface area contributed by atoms with Crippen LogP contribution in [0.2, 0.25) is 0 Å². The Morgan fingerprint density at radius 1 is 0.362 bits per heavy atom. The van der Waals surface area contributed by atoms with E-state index in [4.69, 9.17) is 46.9 Å². The molecule has 19 unspecified atom stereocenters. The first kappa shape index (κ1) is 107. The first-order valence-corrected chi connectivity index (χ1v) is 48.3. The molecule has 0 aromatic rings. The first-order chi connectivity index (χ1) is 56.1. The maximum absolute atomic E-state index is 14.9. The molecule has 0 amide bonds. The Morgan fingerprint density at radius 3 is 1.12 bits per heavy atom. The van der Waals surface area contributed by atoms with E-state index in [0.29, 0.717) is 38.0 Å². The van der Waals surface area contributed by atoms with Crippen molar-refractivity contribution in [2.75, 3.05) is 26.4 Å². The Kier molecular flexibility index (Phi) is 63.5. The van der Waals surface area contributed by atoms with Gasteiger partial charge in [0.15, 0.2) is 24.8 Å². The number of aliphatic hydroxyl groups is 9. The van der Waals surface area contributed by atoms with Crippen LogP contribution in [0, 0.1) is 5.92 Å². The Labute approximate surface area is 699 Å². The van der Waals surface area contributed by atoms with E-state index >= 15 is 0 Å². The minimum absolute atomic E-state index is 0.0174. The number of unbranched alkanes of at least 4 members (excludes halogenated alkanes) is 45. The molecular formula is C90H167O25P. The highest BCUT2D eigenvalue weighted by atomic mass is 31.2. The molecule has 1 saturated carbocycles. The number of hydrogen-bond acceptors (Lipinski definition) is 24. The number of aliphatic hydroxyl groups excluding tert-OH is 9. The van der Waals surface area contributed by atoms with Crippen LogP contribution < -0.4 is 0 Å². The van der Waals surface area contributed by atoms with E-state index in [1.807, 2.05) is 0 Å². The highest BCUT2D eigenvalue weighted by molar-refractivity contribution is 7.47. The fourth-order valence-electron chi connectivity index (χ4n) is 15.6. The molecule has 2 aliphatic heterocycles. The molecule has 1 aliphatic carbocycles. The first-order valence-electron chi connectivity index (χ1n) is 46.8. The van der Waals surface area contributed by atoms with Crippen molar-refractivity contribution >= 4 is 31.7 Å². The number of carbonyl (C=O) groups excluding carboxylic acids is 4. The van der Waals surface area contributed by atoms with Gasteiger partial charge >= 0.3 is 31.7 Å². The zero-order valence-corrected chi connectivity index (χ0v) is 73.6. The van der Waals surface area contributed by atoms with Crippen LogP contribution in [-0.2, 0) is 70.7 Å². The Bertz CT molecular complexity index is 2480. The van der Waals surface area contributed by atoms with Crippen molar-refractivity contribution in [3.8, 4) is 0 Å². The molecule has 0 aromatic carbocycles. The lowest BCUT2D eigenvalue weighted by atomic mass is 9.84. The van der Waals surface area contributed by atoms with Crippen LogP contribution in [0.25, 0.3) is 0 Å². The maximum Gasteiger partial charge on any atom is 0.472 e. The van der Waals surface area contributed by atoms with E-state index in [-0.39, 0.29) is 25.7 Å². The quantitative estimate of drug-likeness (QED) is 0.00889. The van der Waals surface area contributed by atoms with Crippen molar-refractivity contribution in [2.45, 2.75) is 505 Å². The maximum atomic E-state index is 14.9. The summed E-state index contributed by atoms with van der Waals surface area (Å²) >= 11 is 0. The number of ether oxygens (including phenoxy) is 8. The second kappa shape index (κ2) is 68.6. The summed E-state index contributed by atoms with van der Waals surface area (Å²) in [5, 5.41) is 102. The summed E-state index contributed by atoms with van der Waals surface area (Å²) in [6.45, 7) is 7.91. The Morgan fingerprint density at radius 2 is 0.698 bits per heavy atom. The molecule has 3 rings (SSSR count). The van der Waals surface area contributed by atoms with Gasteiger partial charge in [0.25, 0.3) is 0 Å². The normalized spacial score (nSPS) is 25.4. The summed E-state index contributed by atoms with van der Waals surface area (Å²) in [6, 6.07) is 0. The number of esters is 4. The van der Waals surface area contributed by atoms with E-state index in [0.717, 1.165) is 141 Å². The average Bonchev–Trinajstić information content (AvgIpc) is 0.754. The molecule has 0 bridgehead atoms. The van der Waals surface area contributed by atoms with Gasteiger partial charge in [0.2, 0.25) is 0 Å². The molecule has 0 spiro atoms. The number of carbonyl (C=O) groups is 4. The molecule has 0 aromatic heterocycles. The van der Waals surface area contributed by atoms with Gasteiger partial charge in [0, 0.05) is 25.7 Å². The van der Waals surface area contributed by atoms with Crippen LogP contribution in [-0.4, -0.2) is 205 Å². The molecular weight excluding hydrogens is 1510 g/mol. The minimum Gasteiger partial charge on any atom is -0.463 e. The molecule has 116 heavy (non-hydrogen) atoms. The van der Waals surface area contributed by atoms with Gasteiger partial charge in [0.1, 0.15) is 92.6 Å². The van der Waals surface area contributed by atoms with Crippen LogP contribution in [0.15, 0.2) is 12.2 Å². The van der Waals surface area contributed by atoms with Crippen molar-refractivity contribution in [3.05, 3.63) is 12.2 Å². The van der Waals surface area contributed by atoms with Gasteiger partial charge < -0.3 is 88.7 Å². The van der Waals surface area contributed by atoms with Gasteiger partial charge in [-0.25, -0.2) is 4.57 Å². The standard InChI is InChI=1S/C90H167O25P/c1-6-10-14-18-22-25-28-31-32-35-38-41-44-51-58-64-76(95)112-85-81(100)82(101)86(113-89-83(102)79(98)77(96)71(65-91)110-89)88(87(85)114-90-84(103)80(99)78(97)72(111-90)68-107-74(93)62-56-50-43-40-37-34-30-27-24-20-16-12-8-3)115-116(104,105)108-67-70(66-106-73(92)61-55-49-42-39-36-33-29-26-23-19-15-11-7-2)109-75(94)63-57-52-46-45-48-54-60-69(5)59-53-47-21-17-13-9-4/h25,28,69-72,77-91,96-103H,6-24,26-27,29-68H2,1-5H3,(H,104,105)/b28-25-. The van der Waals surface area contributed by atoms with Crippen molar-refractivity contribution in [3.63, 3.8) is 0 Å². The van der Waals surface area contributed by atoms with Crippen molar-refractivity contribution in [1.82, 2.24) is 0 Å². The summed E-state index contributed by atoms with van der Waals surface area (Å²) in [5.41, 5.74) is 0. The molecule has 2 saturated heterocycles. The molecule has 10 N–H and O–H groups in total. The topological polar surface area (TPSA) is 380 Å². The summed E-state index contributed by atoms with van der Waals surface area (Å²) < 4.78 is 73.4. The third-order valence-electron chi connectivity index (χ3n) is 23.2. The van der Waals surface area contributed by atoms with Crippen molar-refractivity contribution in [2.24, 2.45) is 5.92 Å². The molecule has 3 aliphatic rings. The molecule has 682 valence electrons. The average molecular weight is 1680 g/mol. The zero-order valence-electron chi connectivity index (χ0n) is 72.7. The van der Waals surface area contributed by atoms with E-state index in [2.05, 4.69) is 46.8 Å². The van der Waals surface area contributed by atoms with E-state index in [1.54, 1.807) is 0 Å². The molecule has 0 radical (unpaired) electrons. The fraction of sp³-hybridized carbons (Fsp3) is 0.933. The largest absolute Gasteiger partial charge is 0.472 e. The molecule has 19 atom stereocenters. The summed E-state index contributed by atoms with van der Waals surface area (Å²) in [4.78, 5) is 66.5. The van der Waals surface area contributed by atoms with Gasteiger partial charge in [-0.1, -0.05) is 336 Å². The molecule has 3 fully saturated rings. The zero-order chi connectivity index (χ0) is 84.8. The Balaban J connectivity index is 1.93. The monoisotopic (exact) mass is 1680 g/mol. The smallest absolute Gasteiger partial charge is 0.463 e. The van der Waals surface area contributed by atoms with Gasteiger partial charge in [-0.3, -0.25) is 28.2 Å². The number of phosphoric ester groups is 1. The third kappa shape index (κ3) is 48.9. The van der Waals surface area contributed by atoms with Crippen molar-refractivity contribution in [1.29, 1.82) is 0 Å². The Hall–Kier alpha value is -2.79. The second-order valence-corrected chi connectivity index (χ2v) is 35.2. The van der Waals surface area contributed by atoms with Gasteiger partial charge in [0.05, 0.1) is 13.2 Å². The second-order valence-electron chi connectivity index (χ2n) is 33.8. The lowest BCUT2D eigenvalue weighted by molar-refractivity contribution is -0.360. The number of rotatable bonds is 75. The lowest BCUT2D eigenvalue weighted by Crippen LogP contribution is -2.70. The van der Waals surface area contributed by atoms with Gasteiger partial charge in [-0.15, -0.1) is 0 Å². The summed E-state index contributed by atoms with van der Waals surface area (Å²) in [7, 11) is -5.81.